The number of nitrogens with zero attached hydrogens (tertiary/aromatic N) is 1. The molecule has 2 fully saturated rings. The van der Waals surface area contributed by atoms with Gasteiger partial charge in [-0.1, -0.05) is 55.7 Å². The van der Waals surface area contributed by atoms with Crippen LogP contribution in [0.3, 0.4) is 0 Å². The molecule has 2 saturated carbocycles. The molecule has 5 rings (SSSR count). The summed E-state index contributed by atoms with van der Waals surface area (Å²) in [7, 11) is 0. The van der Waals surface area contributed by atoms with Crippen molar-refractivity contribution in [1.82, 2.24) is 9.88 Å². The van der Waals surface area contributed by atoms with E-state index in [0.717, 1.165) is 61.7 Å². The van der Waals surface area contributed by atoms with Gasteiger partial charge in [-0.2, -0.15) is 13.2 Å². The lowest BCUT2D eigenvalue weighted by atomic mass is 9.87. The number of fused-ring (bicyclic) bond motifs is 1. The normalized spacial score (nSPS) is 22.4. The second-order valence-corrected chi connectivity index (χ2v) is 11.3. The summed E-state index contributed by atoms with van der Waals surface area (Å²) in [5.74, 6) is 0.557. The van der Waals surface area contributed by atoms with Crippen molar-refractivity contribution in [3.63, 3.8) is 0 Å². The van der Waals surface area contributed by atoms with Crippen molar-refractivity contribution in [2.24, 2.45) is 11.7 Å². The third-order valence-corrected chi connectivity index (χ3v) is 8.63. The standard InChI is InChI=1S/C31H40F3N3/c32-31(33,34)24-10-6-9-23(19-24)27(17-18-36-26-15-13-25(35)14-16-26)29-21-37(20-22-7-2-1-3-8-22)30-12-5-4-11-28(29)30/h4-6,9-12,19,21-22,25-27,36H,1-3,7-8,13-18,20,35H2. The molecule has 0 amide bonds. The van der Waals surface area contributed by atoms with Crippen LogP contribution in [0.5, 0.6) is 0 Å². The molecule has 2 aliphatic carbocycles. The van der Waals surface area contributed by atoms with E-state index in [4.69, 9.17) is 5.73 Å². The van der Waals surface area contributed by atoms with Gasteiger partial charge >= 0.3 is 6.18 Å². The monoisotopic (exact) mass is 511 g/mol. The van der Waals surface area contributed by atoms with Gasteiger partial charge in [-0.15, -0.1) is 0 Å². The van der Waals surface area contributed by atoms with Gasteiger partial charge in [-0.05, 0) is 80.7 Å². The molecular weight excluding hydrogens is 471 g/mol. The molecule has 0 bridgehead atoms. The SMILES string of the molecule is NC1CCC(NCCC(c2cccc(C(F)(F)F)c2)c2cn(CC3CCCCC3)c3ccccc23)CC1. The smallest absolute Gasteiger partial charge is 0.347 e. The van der Waals surface area contributed by atoms with Crippen molar-refractivity contribution in [3.8, 4) is 0 Å². The lowest BCUT2D eigenvalue weighted by molar-refractivity contribution is -0.137. The molecule has 200 valence electrons. The first-order valence-electron chi connectivity index (χ1n) is 14.1. The highest BCUT2D eigenvalue weighted by Crippen LogP contribution is 2.38. The largest absolute Gasteiger partial charge is 0.416 e. The topological polar surface area (TPSA) is 43.0 Å². The zero-order valence-electron chi connectivity index (χ0n) is 21.6. The Morgan fingerprint density at radius 2 is 1.68 bits per heavy atom. The Bertz CT molecular complexity index is 1150. The summed E-state index contributed by atoms with van der Waals surface area (Å²) in [6, 6.07) is 15.1. The number of aromatic nitrogens is 1. The molecule has 37 heavy (non-hydrogen) atoms. The van der Waals surface area contributed by atoms with Crippen LogP contribution >= 0.6 is 0 Å². The molecule has 3 aromatic rings. The quantitative estimate of drug-likeness (QED) is 0.327. The lowest BCUT2D eigenvalue weighted by Crippen LogP contribution is -2.38. The highest BCUT2D eigenvalue weighted by atomic mass is 19.4. The van der Waals surface area contributed by atoms with E-state index in [0.29, 0.717) is 18.0 Å². The van der Waals surface area contributed by atoms with Crippen LogP contribution in [0.15, 0.2) is 54.7 Å². The van der Waals surface area contributed by atoms with Crippen molar-refractivity contribution in [3.05, 3.63) is 71.4 Å². The molecule has 1 heterocycles. The molecule has 6 heteroatoms. The van der Waals surface area contributed by atoms with E-state index in [2.05, 4.69) is 34.3 Å². The number of hydrogen-bond donors (Lipinski definition) is 2. The van der Waals surface area contributed by atoms with Gasteiger partial charge in [0.05, 0.1) is 5.56 Å². The van der Waals surface area contributed by atoms with Gasteiger partial charge in [-0.3, -0.25) is 0 Å². The number of alkyl halides is 3. The third kappa shape index (κ3) is 6.40. The Kier molecular flexibility index (Phi) is 8.25. The van der Waals surface area contributed by atoms with E-state index >= 15 is 0 Å². The number of benzene rings is 2. The lowest BCUT2D eigenvalue weighted by Gasteiger charge is -2.28. The summed E-state index contributed by atoms with van der Waals surface area (Å²) < 4.78 is 43.3. The zero-order valence-corrected chi connectivity index (χ0v) is 21.6. The van der Waals surface area contributed by atoms with E-state index in [-0.39, 0.29) is 5.92 Å². The molecule has 3 nitrogen and oxygen atoms in total. The average molecular weight is 512 g/mol. The molecule has 1 aromatic heterocycles. The second kappa shape index (κ2) is 11.6. The molecule has 0 radical (unpaired) electrons. The summed E-state index contributed by atoms with van der Waals surface area (Å²) in [6.07, 6.45) is 9.26. The molecule has 3 N–H and O–H groups in total. The number of hydrogen-bond acceptors (Lipinski definition) is 2. The van der Waals surface area contributed by atoms with Crippen molar-refractivity contribution in [1.29, 1.82) is 0 Å². The molecular formula is C31H40F3N3. The Morgan fingerprint density at radius 3 is 2.43 bits per heavy atom. The van der Waals surface area contributed by atoms with Crippen LogP contribution in [0, 0.1) is 5.92 Å². The molecule has 1 atom stereocenters. The molecule has 2 aromatic carbocycles. The van der Waals surface area contributed by atoms with E-state index in [1.165, 1.54) is 49.8 Å². The first-order valence-corrected chi connectivity index (χ1v) is 14.1. The van der Waals surface area contributed by atoms with Crippen LogP contribution in [0.1, 0.15) is 86.8 Å². The number of halogens is 3. The minimum Gasteiger partial charge on any atom is -0.347 e. The van der Waals surface area contributed by atoms with Crippen LogP contribution in [-0.2, 0) is 12.7 Å². The van der Waals surface area contributed by atoms with Gasteiger partial charge in [0.25, 0.3) is 0 Å². The predicted octanol–water partition coefficient (Wildman–Crippen LogP) is 7.62. The fourth-order valence-electron chi connectivity index (χ4n) is 6.54. The van der Waals surface area contributed by atoms with Gasteiger partial charge in [0, 0.05) is 41.6 Å². The van der Waals surface area contributed by atoms with Gasteiger partial charge < -0.3 is 15.6 Å². The number of rotatable bonds is 8. The Balaban J connectivity index is 1.45. The van der Waals surface area contributed by atoms with Gasteiger partial charge in [0.15, 0.2) is 0 Å². The van der Waals surface area contributed by atoms with Crippen LogP contribution in [0.25, 0.3) is 10.9 Å². The second-order valence-electron chi connectivity index (χ2n) is 11.3. The first kappa shape index (κ1) is 26.3. The highest BCUT2D eigenvalue weighted by Gasteiger charge is 2.32. The Labute approximate surface area is 218 Å². The molecule has 2 aliphatic rings. The molecule has 1 unspecified atom stereocenters. The summed E-state index contributed by atoms with van der Waals surface area (Å²) in [4.78, 5) is 0. The molecule has 0 saturated heterocycles. The van der Waals surface area contributed by atoms with Crippen LogP contribution in [0.4, 0.5) is 13.2 Å². The van der Waals surface area contributed by atoms with Crippen LogP contribution in [-0.4, -0.2) is 23.2 Å². The van der Waals surface area contributed by atoms with Gasteiger partial charge in [-0.25, -0.2) is 0 Å². The summed E-state index contributed by atoms with van der Waals surface area (Å²) in [5, 5.41) is 4.85. The maximum Gasteiger partial charge on any atom is 0.416 e. The van der Waals surface area contributed by atoms with Crippen molar-refractivity contribution >= 4 is 10.9 Å². The first-order chi connectivity index (χ1) is 17.9. The van der Waals surface area contributed by atoms with E-state index in [1.54, 1.807) is 6.07 Å². The summed E-state index contributed by atoms with van der Waals surface area (Å²) in [6.45, 7) is 1.75. The maximum absolute atomic E-state index is 13.7. The highest BCUT2D eigenvalue weighted by molar-refractivity contribution is 5.85. The third-order valence-electron chi connectivity index (χ3n) is 8.63. The van der Waals surface area contributed by atoms with Crippen molar-refractivity contribution in [2.45, 2.75) is 94.9 Å². The Morgan fingerprint density at radius 1 is 0.919 bits per heavy atom. The fraction of sp³-hybridized carbons (Fsp3) is 0.548. The van der Waals surface area contributed by atoms with E-state index in [1.807, 2.05) is 12.1 Å². The van der Waals surface area contributed by atoms with E-state index in [9.17, 15) is 13.2 Å². The fourth-order valence-corrected chi connectivity index (χ4v) is 6.54. The van der Waals surface area contributed by atoms with Gasteiger partial charge in [0.1, 0.15) is 0 Å². The van der Waals surface area contributed by atoms with Crippen molar-refractivity contribution < 1.29 is 13.2 Å². The van der Waals surface area contributed by atoms with E-state index < -0.39 is 11.7 Å². The summed E-state index contributed by atoms with van der Waals surface area (Å²) in [5.41, 5.74) is 8.57. The average Bonchev–Trinajstić information content (AvgIpc) is 3.26. The zero-order chi connectivity index (χ0) is 25.8. The number of nitrogens with one attached hydrogen (secondary N) is 1. The Hall–Kier alpha value is -2.31. The number of nitrogens with two attached hydrogens (primary N) is 1. The summed E-state index contributed by atoms with van der Waals surface area (Å²) >= 11 is 0. The maximum atomic E-state index is 13.7. The molecule has 0 aliphatic heterocycles. The van der Waals surface area contributed by atoms with Gasteiger partial charge in [0.2, 0.25) is 0 Å². The van der Waals surface area contributed by atoms with Crippen LogP contribution in [0.2, 0.25) is 0 Å². The predicted molar refractivity (Wildman–Crippen MR) is 145 cm³/mol. The molecule has 0 spiro atoms. The van der Waals surface area contributed by atoms with Crippen molar-refractivity contribution in [2.75, 3.05) is 6.54 Å². The minimum absolute atomic E-state index is 0.113. The van der Waals surface area contributed by atoms with Crippen LogP contribution < -0.4 is 11.1 Å². The minimum atomic E-state index is -4.35. The number of para-hydroxylation sites is 1.